The fraction of sp³-hybridized carbons (Fsp3) is 0.600. The lowest BCUT2D eigenvalue weighted by Crippen LogP contribution is -2.50. The molecule has 1 aliphatic rings. The van der Waals surface area contributed by atoms with Gasteiger partial charge in [-0.25, -0.2) is 13.2 Å². The van der Waals surface area contributed by atoms with Crippen molar-refractivity contribution >= 4 is 21.9 Å². The molecular weight excluding hydrogens is 380 g/mol. The maximum atomic E-state index is 12.8. The Bertz CT molecular complexity index is 783. The summed E-state index contributed by atoms with van der Waals surface area (Å²) < 4.78 is 31.8. The number of nitrogens with zero attached hydrogens (tertiary/aromatic N) is 1. The minimum absolute atomic E-state index is 0.0431. The molecule has 0 aromatic heterocycles. The van der Waals surface area contributed by atoms with Gasteiger partial charge in [0.05, 0.1) is 12.0 Å². The van der Waals surface area contributed by atoms with Crippen molar-refractivity contribution in [2.45, 2.75) is 51.0 Å². The fourth-order valence-corrected chi connectivity index (χ4v) is 4.75. The van der Waals surface area contributed by atoms with E-state index >= 15 is 0 Å². The van der Waals surface area contributed by atoms with E-state index in [4.69, 9.17) is 4.74 Å². The Balaban J connectivity index is 1.99. The molecule has 1 heterocycles. The van der Waals surface area contributed by atoms with Crippen LogP contribution in [-0.4, -0.2) is 50.8 Å². The molecule has 156 valence electrons. The van der Waals surface area contributed by atoms with E-state index in [9.17, 15) is 18.0 Å². The van der Waals surface area contributed by atoms with Crippen LogP contribution in [0.1, 0.15) is 38.7 Å². The number of ether oxygens (including phenoxy) is 1. The van der Waals surface area contributed by atoms with E-state index in [1.54, 1.807) is 24.3 Å². The average Bonchev–Trinajstić information content (AvgIpc) is 2.71. The number of aryl methyl sites for hydroxylation is 1. The molecule has 0 saturated carbocycles. The number of amides is 1. The predicted octanol–water partition coefficient (Wildman–Crippen LogP) is 2.10. The normalized spacial score (nSPS) is 18.3. The number of carbonyl (C=O) groups excluding carboxylic acids is 2. The van der Waals surface area contributed by atoms with Gasteiger partial charge in [0.15, 0.2) is 0 Å². The molecule has 1 aromatic carbocycles. The van der Waals surface area contributed by atoms with Gasteiger partial charge in [-0.15, -0.1) is 0 Å². The molecule has 1 saturated heterocycles. The number of carbonyl (C=O) groups is 2. The highest BCUT2D eigenvalue weighted by Gasteiger charge is 2.34. The number of esters is 1. The van der Waals surface area contributed by atoms with E-state index in [1.165, 1.54) is 11.4 Å². The number of benzene rings is 1. The Morgan fingerprint density at radius 2 is 1.79 bits per heavy atom. The zero-order chi connectivity index (χ0) is 20.9. The third-order valence-electron chi connectivity index (χ3n) is 5.45. The van der Waals surface area contributed by atoms with Crippen molar-refractivity contribution in [3.05, 3.63) is 29.8 Å². The monoisotopic (exact) mass is 410 g/mol. The van der Waals surface area contributed by atoms with E-state index < -0.39 is 22.0 Å². The molecular formula is C20H30N2O5S. The van der Waals surface area contributed by atoms with E-state index in [2.05, 4.69) is 5.32 Å². The van der Waals surface area contributed by atoms with E-state index in [1.807, 2.05) is 20.8 Å². The Labute approximate surface area is 167 Å². The number of piperidine rings is 1. The van der Waals surface area contributed by atoms with Gasteiger partial charge in [-0.05, 0) is 37.8 Å². The van der Waals surface area contributed by atoms with Gasteiger partial charge in [-0.2, -0.15) is 4.31 Å². The molecule has 28 heavy (non-hydrogen) atoms. The Morgan fingerprint density at radius 1 is 1.21 bits per heavy atom. The Hall–Kier alpha value is -1.93. The van der Waals surface area contributed by atoms with Gasteiger partial charge in [0.25, 0.3) is 0 Å². The molecule has 8 heteroatoms. The smallest absolute Gasteiger partial charge is 0.328 e. The number of hydrogen-bond acceptors (Lipinski definition) is 5. The third-order valence-corrected chi connectivity index (χ3v) is 7.36. The molecule has 2 rings (SSSR count). The largest absolute Gasteiger partial charge is 0.467 e. The van der Waals surface area contributed by atoms with Crippen molar-refractivity contribution in [1.29, 1.82) is 0 Å². The summed E-state index contributed by atoms with van der Waals surface area (Å²) in [5, 5.41) is 2.80. The topological polar surface area (TPSA) is 92.8 Å². The highest BCUT2D eigenvalue weighted by atomic mass is 32.2. The second-order valence-corrected chi connectivity index (χ2v) is 9.32. The molecule has 0 unspecified atom stereocenters. The molecule has 1 aliphatic heterocycles. The third kappa shape index (κ3) is 5.11. The lowest BCUT2D eigenvalue weighted by atomic mass is 9.94. The second-order valence-electron chi connectivity index (χ2n) is 7.39. The summed E-state index contributed by atoms with van der Waals surface area (Å²) in [4.78, 5) is 24.9. The predicted molar refractivity (Wildman–Crippen MR) is 106 cm³/mol. The Morgan fingerprint density at radius 3 is 2.29 bits per heavy atom. The van der Waals surface area contributed by atoms with Crippen molar-refractivity contribution in [1.82, 2.24) is 9.62 Å². The van der Waals surface area contributed by atoms with E-state index in [0.29, 0.717) is 12.8 Å². The van der Waals surface area contributed by atoms with Crippen LogP contribution in [0.25, 0.3) is 0 Å². The zero-order valence-corrected chi connectivity index (χ0v) is 17.8. The molecule has 0 aliphatic carbocycles. The number of nitrogens with one attached hydrogen (secondary N) is 1. The first kappa shape index (κ1) is 22.4. The summed E-state index contributed by atoms with van der Waals surface area (Å²) in [6.45, 7) is 6.29. The van der Waals surface area contributed by atoms with Gasteiger partial charge in [-0.3, -0.25) is 4.79 Å². The quantitative estimate of drug-likeness (QED) is 0.695. The first-order valence-electron chi connectivity index (χ1n) is 9.65. The SMILES string of the molecule is CC[C@H](C)[C@@H](NC(=O)C1CCN(S(=O)(=O)c2ccc(C)cc2)CC1)C(=O)OC. The summed E-state index contributed by atoms with van der Waals surface area (Å²) in [7, 11) is -2.25. The number of methoxy groups -OCH3 is 1. The molecule has 1 N–H and O–H groups in total. The van der Waals surface area contributed by atoms with Crippen LogP contribution in [0.3, 0.4) is 0 Å². The lowest BCUT2D eigenvalue weighted by Gasteiger charge is -2.32. The van der Waals surface area contributed by atoms with Crippen LogP contribution in [-0.2, 0) is 24.3 Å². The summed E-state index contributed by atoms with van der Waals surface area (Å²) >= 11 is 0. The van der Waals surface area contributed by atoms with Crippen molar-refractivity contribution in [2.75, 3.05) is 20.2 Å². The lowest BCUT2D eigenvalue weighted by molar-refractivity contribution is -0.147. The van der Waals surface area contributed by atoms with Crippen LogP contribution in [0, 0.1) is 18.8 Å². The minimum atomic E-state index is -3.56. The molecule has 7 nitrogen and oxygen atoms in total. The first-order valence-corrected chi connectivity index (χ1v) is 11.1. The van der Waals surface area contributed by atoms with Crippen LogP contribution >= 0.6 is 0 Å². The molecule has 0 spiro atoms. The van der Waals surface area contributed by atoms with Gasteiger partial charge >= 0.3 is 5.97 Å². The second kappa shape index (κ2) is 9.52. The molecule has 2 atom stereocenters. The van der Waals surface area contributed by atoms with Gasteiger partial charge in [0.1, 0.15) is 6.04 Å². The van der Waals surface area contributed by atoms with Gasteiger partial charge in [0.2, 0.25) is 15.9 Å². The zero-order valence-electron chi connectivity index (χ0n) is 17.0. The van der Waals surface area contributed by atoms with Gasteiger partial charge < -0.3 is 10.1 Å². The summed E-state index contributed by atoms with van der Waals surface area (Å²) in [6.07, 6.45) is 1.57. The standard InChI is InChI=1S/C20H30N2O5S/c1-5-15(3)18(20(24)27-4)21-19(23)16-10-12-22(13-11-16)28(25,26)17-8-6-14(2)7-9-17/h6-9,15-16,18H,5,10-13H2,1-4H3,(H,21,23)/t15-,18+/m0/s1. The number of rotatable bonds is 7. The van der Waals surface area contributed by atoms with Crippen LogP contribution in [0.2, 0.25) is 0 Å². The highest BCUT2D eigenvalue weighted by molar-refractivity contribution is 7.89. The fourth-order valence-electron chi connectivity index (χ4n) is 3.28. The molecule has 0 radical (unpaired) electrons. The molecule has 1 aromatic rings. The summed E-state index contributed by atoms with van der Waals surface area (Å²) in [5.74, 6) is -1.04. The first-order chi connectivity index (χ1) is 13.2. The number of sulfonamides is 1. The molecule has 1 amide bonds. The van der Waals surface area contributed by atoms with Gasteiger partial charge in [-0.1, -0.05) is 38.0 Å². The summed E-state index contributed by atoms with van der Waals surface area (Å²) in [5.41, 5.74) is 0.996. The van der Waals surface area contributed by atoms with Gasteiger partial charge in [0, 0.05) is 19.0 Å². The molecule has 1 fully saturated rings. The minimum Gasteiger partial charge on any atom is -0.467 e. The highest BCUT2D eigenvalue weighted by Crippen LogP contribution is 2.24. The van der Waals surface area contributed by atoms with Crippen LogP contribution in [0.4, 0.5) is 0 Å². The maximum Gasteiger partial charge on any atom is 0.328 e. The van der Waals surface area contributed by atoms with Crippen molar-refractivity contribution in [3.8, 4) is 0 Å². The molecule has 0 bridgehead atoms. The average molecular weight is 411 g/mol. The Kier molecular flexibility index (Phi) is 7.60. The summed E-state index contributed by atoms with van der Waals surface area (Å²) in [6, 6.07) is 6.08. The maximum absolute atomic E-state index is 12.8. The van der Waals surface area contributed by atoms with Crippen LogP contribution in [0.15, 0.2) is 29.2 Å². The van der Waals surface area contributed by atoms with Crippen LogP contribution < -0.4 is 5.32 Å². The van der Waals surface area contributed by atoms with E-state index in [-0.39, 0.29) is 35.7 Å². The van der Waals surface area contributed by atoms with Crippen molar-refractivity contribution in [3.63, 3.8) is 0 Å². The van der Waals surface area contributed by atoms with Crippen molar-refractivity contribution < 1.29 is 22.7 Å². The number of hydrogen-bond donors (Lipinski definition) is 1. The van der Waals surface area contributed by atoms with Crippen molar-refractivity contribution in [2.24, 2.45) is 11.8 Å². The van der Waals surface area contributed by atoms with Crippen LogP contribution in [0.5, 0.6) is 0 Å². The van der Waals surface area contributed by atoms with E-state index in [0.717, 1.165) is 12.0 Å².